The van der Waals surface area contributed by atoms with Crippen LogP contribution >= 0.6 is 11.8 Å². The summed E-state index contributed by atoms with van der Waals surface area (Å²) < 4.78 is 1.65. The number of thioether (sulfide) groups is 1. The van der Waals surface area contributed by atoms with E-state index in [1.165, 1.54) is 18.7 Å². The van der Waals surface area contributed by atoms with Crippen LogP contribution in [-0.4, -0.2) is 36.8 Å². The zero-order valence-electron chi connectivity index (χ0n) is 18.9. The van der Waals surface area contributed by atoms with Crippen LogP contribution in [0.4, 0.5) is 11.4 Å². The lowest BCUT2D eigenvalue weighted by molar-refractivity contribution is -0.114. The van der Waals surface area contributed by atoms with Crippen LogP contribution in [0.5, 0.6) is 0 Å². The van der Waals surface area contributed by atoms with Crippen molar-refractivity contribution in [2.45, 2.75) is 31.7 Å². The summed E-state index contributed by atoms with van der Waals surface area (Å²) in [6.45, 7) is 5.27. The number of para-hydroxylation sites is 1. The first-order chi connectivity index (χ1) is 16.4. The molecule has 0 aliphatic rings. The number of aromatic nitrogens is 5. The Kier molecular flexibility index (Phi) is 6.98. The average Bonchev–Trinajstić information content (AvgIpc) is 3.21. The number of amides is 2. The van der Waals surface area contributed by atoms with Gasteiger partial charge in [-0.25, -0.2) is 14.6 Å². The molecule has 172 valence electrons. The van der Waals surface area contributed by atoms with Gasteiger partial charge in [0.2, 0.25) is 5.91 Å². The third-order valence-corrected chi connectivity index (χ3v) is 5.58. The summed E-state index contributed by atoms with van der Waals surface area (Å²) in [5.41, 5.74) is 4.48. The highest BCUT2D eigenvalue weighted by Crippen LogP contribution is 2.24. The molecule has 0 spiro atoms. The Morgan fingerprint density at radius 2 is 1.59 bits per heavy atom. The van der Waals surface area contributed by atoms with Crippen LogP contribution in [-0.2, 0) is 10.5 Å². The molecule has 0 fully saturated rings. The van der Waals surface area contributed by atoms with E-state index < -0.39 is 5.91 Å². The van der Waals surface area contributed by atoms with Gasteiger partial charge in [0.25, 0.3) is 5.91 Å². The van der Waals surface area contributed by atoms with Crippen LogP contribution in [0.15, 0.2) is 65.8 Å². The normalized spacial score (nSPS) is 10.7. The first-order valence-corrected chi connectivity index (χ1v) is 11.5. The van der Waals surface area contributed by atoms with Crippen molar-refractivity contribution in [3.63, 3.8) is 0 Å². The quantitative estimate of drug-likeness (QED) is 0.306. The Labute approximate surface area is 201 Å². The van der Waals surface area contributed by atoms with Crippen molar-refractivity contribution in [3.05, 3.63) is 83.4 Å². The number of hydrogen-bond acceptors (Lipinski definition) is 7. The van der Waals surface area contributed by atoms with Gasteiger partial charge in [0, 0.05) is 35.4 Å². The van der Waals surface area contributed by atoms with E-state index in [1.54, 1.807) is 28.9 Å². The van der Waals surface area contributed by atoms with Gasteiger partial charge in [0.1, 0.15) is 0 Å². The second-order valence-electron chi connectivity index (χ2n) is 7.57. The lowest BCUT2D eigenvalue weighted by atomic mass is 10.2. The third-order valence-electron chi connectivity index (χ3n) is 4.72. The number of nitrogens with zero attached hydrogens (tertiary/aromatic N) is 5. The fourth-order valence-corrected chi connectivity index (χ4v) is 4.29. The molecule has 4 aromatic rings. The molecule has 9 nitrogen and oxygen atoms in total. The Morgan fingerprint density at radius 3 is 2.26 bits per heavy atom. The molecule has 0 saturated carbocycles. The molecule has 0 atom stereocenters. The molecule has 0 unspecified atom stereocenters. The minimum Gasteiger partial charge on any atom is -0.326 e. The molecule has 2 heterocycles. The summed E-state index contributed by atoms with van der Waals surface area (Å²) in [6, 6.07) is 18.3. The van der Waals surface area contributed by atoms with E-state index in [2.05, 4.69) is 30.9 Å². The highest BCUT2D eigenvalue weighted by molar-refractivity contribution is 7.98. The molecular weight excluding hydrogens is 450 g/mol. The predicted molar refractivity (Wildman–Crippen MR) is 131 cm³/mol. The summed E-state index contributed by atoms with van der Waals surface area (Å²) in [5, 5.41) is 14.6. The van der Waals surface area contributed by atoms with Gasteiger partial charge in [-0.1, -0.05) is 41.2 Å². The minimum absolute atomic E-state index is 0.192. The van der Waals surface area contributed by atoms with E-state index in [9.17, 15) is 9.59 Å². The van der Waals surface area contributed by atoms with Crippen molar-refractivity contribution in [3.8, 4) is 5.69 Å². The Bertz CT molecular complexity index is 1320. The van der Waals surface area contributed by atoms with E-state index >= 15 is 0 Å². The monoisotopic (exact) mass is 473 g/mol. The Hall–Kier alpha value is -4.05. The molecule has 2 aromatic carbocycles. The Balaban J connectivity index is 1.63. The standard InChI is InChI=1S/C24H23N7O2S/c1-15-12-16(2)26-24(25-15)34-14-21-22(29-30-31(21)20-10-5-4-6-11-20)23(33)28-19-9-7-8-18(13-19)27-17(3)32/h4-13H,14H2,1-3H3,(H,27,32)(H,28,33). The zero-order chi connectivity index (χ0) is 24.1. The minimum atomic E-state index is -0.404. The molecule has 34 heavy (non-hydrogen) atoms. The highest BCUT2D eigenvalue weighted by Gasteiger charge is 2.22. The number of nitrogens with one attached hydrogen (secondary N) is 2. The summed E-state index contributed by atoms with van der Waals surface area (Å²) in [6.07, 6.45) is 0. The van der Waals surface area contributed by atoms with E-state index in [0.29, 0.717) is 28.0 Å². The van der Waals surface area contributed by atoms with Crippen molar-refractivity contribution in [1.29, 1.82) is 0 Å². The largest absolute Gasteiger partial charge is 0.326 e. The molecule has 2 amide bonds. The van der Waals surface area contributed by atoms with Crippen LogP contribution in [0.1, 0.15) is 34.5 Å². The fourth-order valence-electron chi connectivity index (χ4n) is 3.34. The van der Waals surface area contributed by atoms with Crippen molar-refractivity contribution in [1.82, 2.24) is 25.0 Å². The maximum absolute atomic E-state index is 13.2. The molecule has 0 aliphatic carbocycles. The molecular formula is C24H23N7O2S. The second-order valence-corrected chi connectivity index (χ2v) is 8.51. The second kappa shape index (κ2) is 10.3. The number of carbonyl (C=O) groups is 2. The van der Waals surface area contributed by atoms with Crippen molar-refractivity contribution >= 4 is 35.0 Å². The third kappa shape index (κ3) is 5.65. The summed E-state index contributed by atoms with van der Waals surface area (Å²) in [5.74, 6) is -0.208. The number of aryl methyl sites for hydroxylation is 2. The van der Waals surface area contributed by atoms with Gasteiger partial charge in [0.15, 0.2) is 10.9 Å². The number of benzene rings is 2. The molecule has 0 aliphatic heterocycles. The predicted octanol–water partition coefficient (Wildman–Crippen LogP) is 4.18. The van der Waals surface area contributed by atoms with E-state index in [-0.39, 0.29) is 11.6 Å². The maximum atomic E-state index is 13.2. The first kappa shape index (κ1) is 23.1. The number of hydrogen-bond donors (Lipinski definition) is 2. The lowest BCUT2D eigenvalue weighted by Gasteiger charge is -2.10. The summed E-state index contributed by atoms with van der Waals surface area (Å²) in [7, 11) is 0. The summed E-state index contributed by atoms with van der Waals surface area (Å²) in [4.78, 5) is 33.5. The molecule has 2 aromatic heterocycles. The molecule has 4 rings (SSSR count). The number of carbonyl (C=O) groups excluding carboxylic acids is 2. The topological polar surface area (TPSA) is 115 Å². The van der Waals surface area contributed by atoms with E-state index in [0.717, 1.165) is 17.1 Å². The SMILES string of the molecule is CC(=O)Nc1cccc(NC(=O)c2nnn(-c3ccccc3)c2CSc2nc(C)cc(C)n2)c1. The summed E-state index contributed by atoms with van der Waals surface area (Å²) >= 11 is 1.41. The van der Waals surface area contributed by atoms with Gasteiger partial charge in [-0.05, 0) is 50.2 Å². The Morgan fingerprint density at radius 1 is 0.912 bits per heavy atom. The molecule has 10 heteroatoms. The molecule has 0 bridgehead atoms. The number of rotatable bonds is 7. The fraction of sp³-hybridized carbons (Fsp3) is 0.167. The zero-order valence-corrected chi connectivity index (χ0v) is 19.8. The molecule has 0 radical (unpaired) electrons. The van der Waals surface area contributed by atoms with Crippen LogP contribution in [0.2, 0.25) is 0 Å². The maximum Gasteiger partial charge on any atom is 0.278 e. The lowest BCUT2D eigenvalue weighted by Crippen LogP contribution is -2.15. The van der Waals surface area contributed by atoms with Crippen LogP contribution in [0.3, 0.4) is 0 Å². The van der Waals surface area contributed by atoms with Crippen LogP contribution in [0.25, 0.3) is 5.69 Å². The van der Waals surface area contributed by atoms with E-state index in [4.69, 9.17) is 0 Å². The highest BCUT2D eigenvalue weighted by atomic mass is 32.2. The van der Waals surface area contributed by atoms with Crippen molar-refractivity contribution in [2.24, 2.45) is 0 Å². The van der Waals surface area contributed by atoms with Crippen molar-refractivity contribution in [2.75, 3.05) is 10.6 Å². The van der Waals surface area contributed by atoms with Gasteiger partial charge in [-0.3, -0.25) is 9.59 Å². The molecule has 2 N–H and O–H groups in total. The number of anilines is 2. The van der Waals surface area contributed by atoms with Gasteiger partial charge in [-0.2, -0.15) is 0 Å². The first-order valence-electron chi connectivity index (χ1n) is 10.5. The van der Waals surface area contributed by atoms with Gasteiger partial charge < -0.3 is 10.6 Å². The van der Waals surface area contributed by atoms with E-state index in [1.807, 2.05) is 50.2 Å². The van der Waals surface area contributed by atoms with Gasteiger partial charge >= 0.3 is 0 Å². The van der Waals surface area contributed by atoms with Gasteiger partial charge in [0.05, 0.1) is 11.4 Å². The van der Waals surface area contributed by atoms with Gasteiger partial charge in [-0.15, -0.1) is 5.10 Å². The van der Waals surface area contributed by atoms with Crippen LogP contribution in [0, 0.1) is 13.8 Å². The molecule has 0 saturated heterocycles. The van der Waals surface area contributed by atoms with Crippen LogP contribution < -0.4 is 10.6 Å². The smallest absolute Gasteiger partial charge is 0.278 e. The average molecular weight is 474 g/mol. The van der Waals surface area contributed by atoms with Crippen molar-refractivity contribution < 1.29 is 9.59 Å².